The summed E-state index contributed by atoms with van der Waals surface area (Å²) >= 11 is 5.99. The second-order valence-corrected chi connectivity index (χ2v) is 5.07. The second kappa shape index (κ2) is 7.74. The summed E-state index contributed by atoms with van der Waals surface area (Å²) in [4.78, 5) is 11.9. The molecule has 0 bridgehead atoms. The van der Waals surface area contributed by atoms with Gasteiger partial charge in [-0.3, -0.25) is 4.79 Å². The van der Waals surface area contributed by atoms with Gasteiger partial charge in [-0.2, -0.15) is 0 Å². The maximum atomic E-state index is 11.9. The molecule has 1 aromatic carbocycles. The molecule has 5 heteroatoms. The topological polar surface area (TPSA) is 51.5 Å². The fraction of sp³-hybridized carbons (Fsp3) is 0.312. The van der Waals surface area contributed by atoms with E-state index in [4.69, 9.17) is 20.8 Å². The van der Waals surface area contributed by atoms with E-state index in [2.05, 4.69) is 5.32 Å². The maximum Gasteiger partial charge on any atom is 0.260 e. The summed E-state index contributed by atoms with van der Waals surface area (Å²) in [6.07, 6.45) is 2.67. The third kappa shape index (κ3) is 4.83. The molecule has 0 spiro atoms. The molecular weight excluding hydrogens is 290 g/mol. The average Bonchev–Trinajstić information content (AvgIpc) is 2.99. The third-order valence-electron chi connectivity index (χ3n) is 2.99. The smallest absolute Gasteiger partial charge is 0.260 e. The highest BCUT2D eigenvalue weighted by Gasteiger charge is 2.15. The first kappa shape index (κ1) is 15.4. The van der Waals surface area contributed by atoms with Gasteiger partial charge in [-0.05, 0) is 37.6 Å². The van der Waals surface area contributed by atoms with E-state index in [9.17, 15) is 4.79 Å². The lowest BCUT2D eigenvalue weighted by Crippen LogP contribution is -2.37. The fourth-order valence-electron chi connectivity index (χ4n) is 1.86. The molecule has 21 heavy (non-hydrogen) atoms. The lowest BCUT2D eigenvalue weighted by molar-refractivity contribution is -0.127. The Hall–Kier alpha value is -1.94. The molecule has 2 rings (SSSR count). The predicted octanol–water partition coefficient (Wildman–Crippen LogP) is 3.45. The van der Waals surface area contributed by atoms with Crippen LogP contribution in [0.1, 0.15) is 19.1 Å². The number of benzene rings is 1. The summed E-state index contributed by atoms with van der Waals surface area (Å²) in [6, 6.07) is 10.9. The molecule has 0 fully saturated rings. The highest BCUT2D eigenvalue weighted by molar-refractivity contribution is 6.32. The highest BCUT2D eigenvalue weighted by Crippen LogP contribution is 2.24. The van der Waals surface area contributed by atoms with Crippen LogP contribution < -0.4 is 10.1 Å². The van der Waals surface area contributed by atoms with Crippen molar-refractivity contribution in [1.29, 1.82) is 0 Å². The predicted molar refractivity (Wildman–Crippen MR) is 81.6 cm³/mol. The standard InChI is InChI=1S/C16H18ClNO3/c1-12(21-15-9-3-2-8-14(15)17)16(19)18-10-4-6-13-7-5-11-20-13/h2-3,5,7-9,11-12H,4,6,10H2,1H3,(H,18,19). The number of furan rings is 1. The number of hydrogen-bond acceptors (Lipinski definition) is 3. The summed E-state index contributed by atoms with van der Waals surface area (Å²) in [5, 5.41) is 3.33. The monoisotopic (exact) mass is 307 g/mol. The number of nitrogens with one attached hydrogen (secondary N) is 1. The van der Waals surface area contributed by atoms with Gasteiger partial charge in [0.15, 0.2) is 6.10 Å². The number of carbonyl (C=O) groups is 1. The zero-order valence-corrected chi connectivity index (χ0v) is 12.6. The Bertz CT molecular complexity index is 569. The van der Waals surface area contributed by atoms with Crippen LogP contribution in [0, 0.1) is 0 Å². The van der Waals surface area contributed by atoms with E-state index < -0.39 is 6.10 Å². The molecule has 1 aromatic heterocycles. The van der Waals surface area contributed by atoms with Crippen molar-refractivity contribution in [3.8, 4) is 5.75 Å². The number of hydrogen-bond donors (Lipinski definition) is 1. The first-order valence-electron chi connectivity index (χ1n) is 6.88. The normalized spacial score (nSPS) is 11.9. The summed E-state index contributed by atoms with van der Waals surface area (Å²) in [6.45, 7) is 2.28. The maximum absolute atomic E-state index is 11.9. The summed E-state index contributed by atoms with van der Waals surface area (Å²) in [5.41, 5.74) is 0. The Morgan fingerprint density at radius 3 is 2.86 bits per heavy atom. The van der Waals surface area contributed by atoms with Crippen molar-refractivity contribution in [2.45, 2.75) is 25.9 Å². The third-order valence-corrected chi connectivity index (χ3v) is 3.30. The van der Waals surface area contributed by atoms with Crippen molar-refractivity contribution < 1.29 is 13.9 Å². The quantitative estimate of drug-likeness (QED) is 0.797. The first-order valence-corrected chi connectivity index (χ1v) is 7.26. The van der Waals surface area contributed by atoms with E-state index >= 15 is 0 Å². The molecule has 0 aliphatic heterocycles. The molecule has 112 valence electrons. The van der Waals surface area contributed by atoms with Gasteiger partial charge in [0.1, 0.15) is 11.5 Å². The van der Waals surface area contributed by atoms with Gasteiger partial charge in [-0.1, -0.05) is 23.7 Å². The van der Waals surface area contributed by atoms with Crippen LogP contribution in [0.3, 0.4) is 0 Å². The molecule has 0 saturated heterocycles. The van der Waals surface area contributed by atoms with Crippen molar-refractivity contribution in [2.75, 3.05) is 6.54 Å². The Kier molecular flexibility index (Phi) is 5.69. The Balaban J connectivity index is 1.71. The van der Waals surface area contributed by atoms with Gasteiger partial charge in [0.2, 0.25) is 0 Å². The summed E-state index contributed by atoms with van der Waals surface area (Å²) in [5.74, 6) is 1.27. The Morgan fingerprint density at radius 2 is 2.14 bits per heavy atom. The van der Waals surface area contributed by atoms with Crippen LogP contribution in [0.25, 0.3) is 0 Å². The Morgan fingerprint density at radius 1 is 1.33 bits per heavy atom. The lowest BCUT2D eigenvalue weighted by atomic mass is 10.2. The van der Waals surface area contributed by atoms with Gasteiger partial charge >= 0.3 is 0 Å². The Labute approximate surface area is 129 Å². The number of rotatable bonds is 7. The number of halogens is 1. The lowest BCUT2D eigenvalue weighted by Gasteiger charge is -2.15. The van der Waals surface area contributed by atoms with E-state index in [0.29, 0.717) is 17.3 Å². The van der Waals surface area contributed by atoms with Gasteiger partial charge in [-0.15, -0.1) is 0 Å². The number of carbonyl (C=O) groups excluding carboxylic acids is 1. The van der Waals surface area contributed by atoms with Crippen LogP contribution in [0.4, 0.5) is 0 Å². The minimum Gasteiger partial charge on any atom is -0.479 e. The molecule has 1 amide bonds. The first-order chi connectivity index (χ1) is 10.2. The average molecular weight is 308 g/mol. The van der Waals surface area contributed by atoms with Gasteiger partial charge in [0, 0.05) is 13.0 Å². The van der Waals surface area contributed by atoms with Gasteiger partial charge in [0.25, 0.3) is 5.91 Å². The minimum absolute atomic E-state index is 0.158. The van der Waals surface area contributed by atoms with Gasteiger partial charge in [-0.25, -0.2) is 0 Å². The molecule has 1 N–H and O–H groups in total. The molecular formula is C16H18ClNO3. The van der Waals surface area contributed by atoms with Crippen molar-refractivity contribution in [1.82, 2.24) is 5.32 Å². The largest absolute Gasteiger partial charge is 0.479 e. The zero-order chi connectivity index (χ0) is 15.1. The van der Waals surface area contributed by atoms with Gasteiger partial charge < -0.3 is 14.5 Å². The zero-order valence-electron chi connectivity index (χ0n) is 11.8. The van der Waals surface area contributed by atoms with E-state index in [0.717, 1.165) is 18.6 Å². The highest BCUT2D eigenvalue weighted by atomic mass is 35.5. The molecule has 0 saturated carbocycles. The summed E-state index contributed by atoms with van der Waals surface area (Å²) < 4.78 is 10.8. The van der Waals surface area contributed by atoms with E-state index in [1.165, 1.54) is 0 Å². The van der Waals surface area contributed by atoms with Crippen LogP contribution >= 0.6 is 11.6 Å². The van der Waals surface area contributed by atoms with E-state index in [1.54, 1.807) is 25.3 Å². The van der Waals surface area contributed by atoms with Crippen molar-refractivity contribution in [3.05, 3.63) is 53.4 Å². The summed E-state index contributed by atoms with van der Waals surface area (Å²) in [7, 11) is 0. The van der Waals surface area contributed by atoms with E-state index in [-0.39, 0.29) is 5.91 Å². The number of para-hydroxylation sites is 1. The van der Waals surface area contributed by atoms with E-state index in [1.807, 2.05) is 24.3 Å². The molecule has 1 atom stereocenters. The van der Waals surface area contributed by atoms with Crippen LogP contribution in [0.5, 0.6) is 5.75 Å². The van der Waals surface area contributed by atoms with Crippen molar-refractivity contribution in [3.63, 3.8) is 0 Å². The van der Waals surface area contributed by atoms with Crippen LogP contribution in [-0.2, 0) is 11.2 Å². The van der Waals surface area contributed by atoms with Crippen LogP contribution in [0.2, 0.25) is 5.02 Å². The SMILES string of the molecule is CC(Oc1ccccc1Cl)C(=O)NCCCc1ccco1. The molecule has 0 aliphatic rings. The molecule has 1 unspecified atom stereocenters. The number of aryl methyl sites for hydroxylation is 1. The fourth-order valence-corrected chi connectivity index (χ4v) is 2.04. The molecule has 0 aliphatic carbocycles. The molecule has 4 nitrogen and oxygen atoms in total. The minimum atomic E-state index is -0.589. The van der Waals surface area contributed by atoms with Crippen LogP contribution in [0.15, 0.2) is 47.1 Å². The molecule has 1 heterocycles. The second-order valence-electron chi connectivity index (χ2n) is 4.66. The number of ether oxygens (including phenoxy) is 1. The van der Waals surface area contributed by atoms with Gasteiger partial charge in [0.05, 0.1) is 11.3 Å². The van der Waals surface area contributed by atoms with Crippen molar-refractivity contribution >= 4 is 17.5 Å². The molecule has 2 aromatic rings. The number of amides is 1. The van der Waals surface area contributed by atoms with Crippen LogP contribution in [-0.4, -0.2) is 18.6 Å². The van der Waals surface area contributed by atoms with Crippen molar-refractivity contribution in [2.24, 2.45) is 0 Å². The molecule has 0 radical (unpaired) electrons.